The van der Waals surface area contributed by atoms with E-state index in [0.717, 1.165) is 22.2 Å². The molecule has 0 aliphatic carbocycles. The van der Waals surface area contributed by atoms with Crippen LogP contribution in [0.5, 0.6) is 11.6 Å². The second kappa shape index (κ2) is 9.80. The fourth-order valence-electron chi connectivity index (χ4n) is 5.24. The van der Waals surface area contributed by atoms with E-state index >= 15 is 0 Å². The van der Waals surface area contributed by atoms with Gasteiger partial charge in [-0.3, -0.25) is 9.20 Å². The molecule has 1 amide bonds. The maximum absolute atomic E-state index is 13.9. The molecule has 2 N–H and O–H groups in total. The van der Waals surface area contributed by atoms with Gasteiger partial charge in [-0.1, -0.05) is 72.8 Å². The molecule has 0 saturated heterocycles. The largest absolute Gasteiger partial charge is 0.497 e. The Labute approximate surface area is 234 Å². The molecule has 3 aromatic heterocycles. The average Bonchev–Trinajstić information content (AvgIpc) is 3.65. The van der Waals surface area contributed by atoms with Gasteiger partial charge in [-0.25, -0.2) is 4.98 Å². The van der Waals surface area contributed by atoms with Crippen LogP contribution in [0.25, 0.3) is 39.0 Å². The minimum absolute atomic E-state index is 0.153. The number of aromatic hydroxyl groups is 1. The third-order valence-electron chi connectivity index (χ3n) is 7.15. The second-order valence-corrected chi connectivity index (χ2v) is 9.61. The van der Waals surface area contributed by atoms with Gasteiger partial charge < -0.3 is 19.4 Å². The molecule has 7 rings (SSSR count). The van der Waals surface area contributed by atoms with Crippen LogP contribution in [0.2, 0.25) is 0 Å². The number of hydrogen-bond donors (Lipinski definition) is 2. The fourth-order valence-corrected chi connectivity index (χ4v) is 5.24. The summed E-state index contributed by atoms with van der Waals surface area (Å²) >= 11 is 0. The molecule has 0 fully saturated rings. The highest BCUT2D eigenvalue weighted by molar-refractivity contribution is 6.03. The van der Waals surface area contributed by atoms with Crippen LogP contribution in [0.4, 0.5) is 5.69 Å². The predicted molar refractivity (Wildman–Crippen MR) is 157 cm³/mol. The number of nitrogens with zero attached hydrogens (tertiary/aromatic N) is 5. The predicted octanol–water partition coefficient (Wildman–Crippen LogP) is 7.12. The number of azo groups is 1. The number of H-pyrrole nitrogens is 1. The Hall–Kier alpha value is -5.70. The van der Waals surface area contributed by atoms with Gasteiger partial charge in [-0.15, -0.1) is 10.2 Å². The molecule has 0 unspecified atom stereocenters. The first-order valence-corrected chi connectivity index (χ1v) is 13.1. The van der Waals surface area contributed by atoms with Crippen LogP contribution in [-0.4, -0.2) is 37.1 Å². The summed E-state index contributed by atoms with van der Waals surface area (Å²) in [4.78, 5) is 21.8. The van der Waals surface area contributed by atoms with Gasteiger partial charge in [0.2, 0.25) is 11.7 Å². The minimum atomic E-state index is -0.587. The number of para-hydroxylation sites is 2. The molecule has 4 aromatic carbocycles. The number of rotatable bonds is 6. The van der Waals surface area contributed by atoms with E-state index in [0.29, 0.717) is 34.7 Å². The summed E-state index contributed by atoms with van der Waals surface area (Å²) in [6, 6.07) is 32.8. The zero-order valence-electron chi connectivity index (χ0n) is 22.0. The van der Waals surface area contributed by atoms with Crippen molar-refractivity contribution in [3.05, 3.63) is 114 Å². The molecule has 3 heterocycles. The Balaban J connectivity index is 1.43. The number of benzene rings is 4. The number of imidazole rings is 2. The van der Waals surface area contributed by atoms with Crippen molar-refractivity contribution in [2.75, 3.05) is 7.11 Å². The van der Waals surface area contributed by atoms with Gasteiger partial charge in [0.25, 0.3) is 0 Å². The monoisotopic (exact) mass is 540 g/mol. The van der Waals surface area contributed by atoms with Crippen molar-refractivity contribution >= 4 is 39.3 Å². The smallest absolute Gasteiger partial charge is 0.314 e. The summed E-state index contributed by atoms with van der Waals surface area (Å²) in [6.45, 7) is 0.573. The summed E-state index contributed by atoms with van der Waals surface area (Å²) in [5, 5.41) is 19.5. The summed E-state index contributed by atoms with van der Waals surface area (Å²) in [6.07, 6.45) is 0. The van der Waals surface area contributed by atoms with Crippen LogP contribution < -0.4 is 4.74 Å². The number of fused-ring (bicyclic) bond motifs is 4. The van der Waals surface area contributed by atoms with E-state index in [2.05, 4.69) is 31.9 Å². The molecular weight excluding hydrogens is 516 g/mol. The Morgan fingerprint density at radius 1 is 0.927 bits per heavy atom. The first-order valence-electron chi connectivity index (χ1n) is 13.1. The normalized spacial score (nSPS) is 11.7. The van der Waals surface area contributed by atoms with E-state index in [1.165, 1.54) is 0 Å². The Morgan fingerprint density at radius 2 is 1.63 bits per heavy atom. The van der Waals surface area contributed by atoms with Crippen molar-refractivity contribution in [3.63, 3.8) is 0 Å². The molecule has 7 aromatic rings. The molecule has 41 heavy (non-hydrogen) atoms. The zero-order chi connectivity index (χ0) is 27.9. The lowest BCUT2D eigenvalue weighted by Crippen LogP contribution is -2.02. The maximum Gasteiger partial charge on any atom is 0.314 e. The number of carbonyl (C=O) groups excluding carboxylic acids is 1. The Morgan fingerprint density at radius 3 is 2.39 bits per heavy atom. The summed E-state index contributed by atoms with van der Waals surface area (Å²) in [5.74, 6) is 0.433. The fraction of sp³-hybridized carbons (Fsp3) is 0.0625. The van der Waals surface area contributed by atoms with Crippen LogP contribution in [0.3, 0.4) is 0 Å². The first-order chi connectivity index (χ1) is 20.1. The van der Waals surface area contributed by atoms with Gasteiger partial charge in [-0.2, -0.15) is 0 Å². The third kappa shape index (κ3) is 4.11. The highest BCUT2D eigenvalue weighted by atomic mass is 16.5. The number of carbonyl (C=O) groups is 1. The van der Waals surface area contributed by atoms with Crippen LogP contribution >= 0.6 is 0 Å². The molecular formula is C32H24N6O3. The first kappa shape index (κ1) is 24.3. The van der Waals surface area contributed by atoms with Gasteiger partial charge in [0.1, 0.15) is 17.1 Å². The topological polar surface area (TPSA) is 109 Å². The van der Waals surface area contributed by atoms with E-state index in [1.807, 2.05) is 77.2 Å². The van der Waals surface area contributed by atoms with Crippen LogP contribution in [-0.2, 0) is 6.54 Å². The van der Waals surface area contributed by atoms with Crippen molar-refractivity contribution in [3.8, 4) is 22.9 Å². The number of methoxy groups -OCH3 is 1. The van der Waals surface area contributed by atoms with E-state index in [9.17, 15) is 9.90 Å². The molecule has 0 aliphatic heterocycles. The van der Waals surface area contributed by atoms with Crippen LogP contribution in [0, 0.1) is 0 Å². The van der Waals surface area contributed by atoms with Crippen molar-refractivity contribution in [2.24, 2.45) is 10.2 Å². The molecule has 0 saturated carbocycles. The minimum Gasteiger partial charge on any atom is -0.497 e. The zero-order valence-corrected chi connectivity index (χ0v) is 22.0. The molecule has 9 heteroatoms. The van der Waals surface area contributed by atoms with Crippen molar-refractivity contribution in [1.29, 1.82) is 0 Å². The molecule has 0 radical (unpaired) electrons. The number of hydrogen-bond acceptors (Lipinski definition) is 5. The lowest BCUT2D eigenvalue weighted by Gasteiger charge is -2.05. The maximum atomic E-state index is 13.9. The van der Waals surface area contributed by atoms with Gasteiger partial charge in [-0.05, 0) is 35.9 Å². The quantitative estimate of drug-likeness (QED) is 0.219. The lowest BCUT2D eigenvalue weighted by molar-refractivity contribution is 0.0990. The van der Waals surface area contributed by atoms with E-state index in [4.69, 9.17) is 9.72 Å². The van der Waals surface area contributed by atoms with E-state index in [-0.39, 0.29) is 17.3 Å². The number of nitrogens with one attached hydrogen (secondary N) is 1. The summed E-state index contributed by atoms with van der Waals surface area (Å²) in [7, 11) is 1.56. The van der Waals surface area contributed by atoms with Crippen molar-refractivity contribution in [1.82, 2.24) is 18.9 Å². The van der Waals surface area contributed by atoms with Crippen LogP contribution in [0.15, 0.2) is 113 Å². The average molecular weight is 541 g/mol. The highest BCUT2D eigenvalue weighted by Crippen LogP contribution is 2.38. The molecule has 0 bridgehead atoms. The lowest BCUT2D eigenvalue weighted by atomic mass is 10.1. The number of amides is 1. The Kier molecular flexibility index (Phi) is 5.82. The van der Waals surface area contributed by atoms with E-state index < -0.39 is 5.91 Å². The van der Waals surface area contributed by atoms with Crippen molar-refractivity contribution < 1.29 is 14.6 Å². The SMILES string of the molecule is COc1ccc2[nH]c(O)c(N=NC(=O)c3c(-c4ccccc4)nc4n(Cc5ccccc5)c5ccccc5n34)c2c1. The van der Waals surface area contributed by atoms with Crippen molar-refractivity contribution in [2.45, 2.75) is 6.54 Å². The van der Waals surface area contributed by atoms with E-state index in [1.54, 1.807) is 25.3 Å². The molecule has 200 valence electrons. The number of aromatic nitrogens is 4. The molecule has 9 nitrogen and oxygen atoms in total. The van der Waals surface area contributed by atoms with Gasteiger partial charge in [0, 0.05) is 10.9 Å². The summed E-state index contributed by atoms with van der Waals surface area (Å²) in [5.41, 5.74) is 5.24. The molecule has 0 spiro atoms. The van der Waals surface area contributed by atoms with Crippen LogP contribution in [0.1, 0.15) is 16.1 Å². The number of ether oxygens (including phenoxy) is 1. The second-order valence-electron chi connectivity index (χ2n) is 9.61. The highest BCUT2D eigenvalue weighted by Gasteiger charge is 2.26. The molecule has 0 aliphatic rings. The Bertz CT molecular complexity index is 2090. The van der Waals surface area contributed by atoms with Gasteiger partial charge in [0.15, 0.2) is 5.69 Å². The van der Waals surface area contributed by atoms with Gasteiger partial charge in [0.05, 0.1) is 30.2 Å². The third-order valence-corrected chi connectivity index (χ3v) is 7.15. The standard InChI is InChI=1S/C32H24N6O3/c1-41-22-16-17-24-23(18-22)28(30(39)33-24)35-36-31(40)29-27(21-12-6-3-7-13-21)34-32-37(19-20-10-4-2-5-11-20)25-14-8-9-15-26(25)38(29)32/h2-18,33,39H,19H2,1H3. The number of aromatic amines is 1. The van der Waals surface area contributed by atoms with Gasteiger partial charge >= 0.3 is 5.91 Å². The summed E-state index contributed by atoms with van der Waals surface area (Å²) < 4.78 is 9.27. The molecule has 0 atom stereocenters.